The van der Waals surface area contributed by atoms with Crippen molar-refractivity contribution in [3.05, 3.63) is 29.8 Å². The molecular formula is C8H6FNO3. The highest BCUT2D eigenvalue weighted by Crippen LogP contribution is 2.01. The van der Waals surface area contributed by atoms with Crippen LogP contribution in [0.5, 0.6) is 0 Å². The fraction of sp³-hybridized carbons (Fsp3) is 0.125. The van der Waals surface area contributed by atoms with Gasteiger partial charge in [-0.1, -0.05) is 6.07 Å². The SMILES string of the molecule is O=C(O)CC(=O)c1cccc(F)n1. The lowest BCUT2D eigenvalue weighted by Crippen LogP contribution is -2.09. The van der Waals surface area contributed by atoms with Gasteiger partial charge in [0.25, 0.3) is 0 Å². The Morgan fingerprint density at radius 2 is 2.15 bits per heavy atom. The first-order valence-electron chi connectivity index (χ1n) is 3.47. The predicted octanol–water partition coefficient (Wildman–Crippen LogP) is 0.878. The zero-order valence-corrected chi connectivity index (χ0v) is 6.53. The first kappa shape index (κ1) is 9.31. The lowest BCUT2D eigenvalue weighted by Gasteiger charge is -1.95. The van der Waals surface area contributed by atoms with Gasteiger partial charge in [-0.25, -0.2) is 4.98 Å². The number of carboxylic acids is 1. The van der Waals surface area contributed by atoms with E-state index in [2.05, 4.69) is 4.98 Å². The summed E-state index contributed by atoms with van der Waals surface area (Å²) in [5.74, 6) is -2.75. The van der Waals surface area contributed by atoms with Crippen molar-refractivity contribution in [2.75, 3.05) is 0 Å². The van der Waals surface area contributed by atoms with Crippen molar-refractivity contribution in [3.63, 3.8) is 0 Å². The van der Waals surface area contributed by atoms with Gasteiger partial charge in [0, 0.05) is 0 Å². The van der Waals surface area contributed by atoms with Crippen LogP contribution in [0.4, 0.5) is 4.39 Å². The average Bonchev–Trinajstić information content (AvgIpc) is 2.03. The minimum absolute atomic E-state index is 0.164. The molecule has 0 amide bonds. The van der Waals surface area contributed by atoms with Crippen LogP contribution in [-0.4, -0.2) is 21.8 Å². The minimum Gasteiger partial charge on any atom is -0.481 e. The smallest absolute Gasteiger partial charge is 0.311 e. The number of aliphatic carboxylic acids is 1. The molecule has 1 N–H and O–H groups in total. The van der Waals surface area contributed by atoms with E-state index in [1.807, 2.05) is 0 Å². The van der Waals surface area contributed by atoms with Crippen LogP contribution >= 0.6 is 0 Å². The molecule has 0 bridgehead atoms. The maximum Gasteiger partial charge on any atom is 0.311 e. The summed E-state index contributed by atoms with van der Waals surface area (Å²) >= 11 is 0. The van der Waals surface area contributed by atoms with E-state index >= 15 is 0 Å². The number of pyridine rings is 1. The molecule has 13 heavy (non-hydrogen) atoms. The topological polar surface area (TPSA) is 67.3 Å². The van der Waals surface area contributed by atoms with Crippen molar-refractivity contribution in [2.45, 2.75) is 6.42 Å². The Labute approximate surface area is 73.0 Å². The number of hydrogen-bond donors (Lipinski definition) is 1. The summed E-state index contributed by atoms with van der Waals surface area (Å²) in [4.78, 5) is 24.4. The third-order valence-electron chi connectivity index (χ3n) is 1.31. The summed E-state index contributed by atoms with van der Waals surface area (Å²) in [5.41, 5.74) is -0.164. The van der Waals surface area contributed by atoms with Gasteiger partial charge in [-0.3, -0.25) is 9.59 Å². The molecule has 0 saturated heterocycles. The summed E-state index contributed by atoms with van der Waals surface area (Å²) < 4.78 is 12.5. The molecule has 1 heterocycles. The van der Waals surface area contributed by atoms with E-state index in [0.29, 0.717) is 0 Å². The molecule has 0 aliphatic carbocycles. The van der Waals surface area contributed by atoms with Gasteiger partial charge in [0.05, 0.1) is 0 Å². The minimum atomic E-state index is -1.25. The van der Waals surface area contributed by atoms with Crippen LogP contribution in [-0.2, 0) is 4.79 Å². The molecule has 1 rings (SSSR count). The van der Waals surface area contributed by atoms with E-state index < -0.39 is 24.1 Å². The summed E-state index contributed by atoms with van der Waals surface area (Å²) in [5, 5.41) is 8.27. The lowest BCUT2D eigenvalue weighted by atomic mass is 10.2. The Morgan fingerprint density at radius 1 is 1.46 bits per heavy atom. The number of carbonyl (C=O) groups is 2. The lowest BCUT2D eigenvalue weighted by molar-refractivity contribution is -0.135. The number of nitrogens with zero attached hydrogens (tertiary/aromatic N) is 1. The highest BCUT2D eigenvalue weighted by Gasteiger charge is 2.11. The number of ketones is 1. The zero-order valence-electron chi connectivity index (χ0n) is 6.53. The molecule has 1 aromatic heterocycles. The third-order valence-corrected chi connectivity index (χ3v) is 1.31. The van der Waals surface area contributed by atoms with Gasteiger partial charge < -0.3 is 5.11 Å². The molecular weight excluding hydrogens is 177 g/mol. The molecule has 0 aliphatic heterocycles. The van der Waals surface area contributed by atoms with Crippen LogP contribution < -0.4 is 0 Å². The summed E-state index contributed by atoms with van der Waals surface area (Å²) in [7, 11) is 0. The normalized spacial score (nSPS) is 9.62. The molecule has 0 atom stereocenters. The molecule has 1 aromatic rings. The zero-order chi connectivity index (χ0) is 9.84. The van der Waals surface area contributed by atoms with Crippen molar-refractivity contribution in [1.82, 2.24) is 4.98 Å². The van der Waals surface area contributed by atoms with Crippen LogP contribution in [0.2, 0.25) is 0 Å². The Morgan fingerprint density at radius 3 is 2.69 bits per heavy atom. The molecule has 0 spiro atoms. The standard InChI is InChI=1S/C8H6FNO3/c9-7-3-1-2-5(10-7)6(11)4-8(12)13/h1-3H,4H2,(H,12,13). The number of carbonyl (C=O) groups excluding carboxylic acids is 1. The van der Waals surface area contributed by atoms with Crippen molar-refractivity contribution < 1.29 is 19.1 Å². The second-order valence-corrected chi connectivity index (χ2v) is 2.34. The fourth-order valence-electron chi connectivity index (χ4n) is 0.791. The Kier molecular flexibility index (Phi) is 2.69. The van der Waals surface area contributed by atoms with Gasteiger partial charge >= 0.3 is 5.97 Å². The number of rotatable bonds is 3. The Bertz CT molecular complexity index is 351. The van der Waals surface area contributed by atoms with Crippen molar-refractivity contribution in [1.29, 1.82) is 0 Å². The van der Waals surface area contributed by atoms with E-state index in [9.17, 15) is 14.0 Å². The maximum absolute atomic E-state index is 12.5. The predicted molar refractivity (Wildman–Crippen MR) is 40.8 cm³/mol. The van der Waals surface area contributed by atoms with Gasteiger partial charge in [-0.15, -0.1) is 0 Å². The summed E-state index contributed by atoms with van der Waals surface area (Å²) in [6, 6.07) is 3.66. The van der Waals surface area contributed by atoms with E-state index in [-0.39, 0.29) is 5.69 Å². The molecule has 0 fully saturated rings. The number of halogens is 1. The molecule has 4 nitrogen and oxygen atoms in total. The van der Waals surface area contributed by atoms with Crippen molar-refractivity contribution in [3.8, 4) is 0 Å². The Balaban J connectivity index is 2.83. The second kappa shape index (κ2) is 3.75. The van der Waals surface area contributed by atoms with Crippen LogP contribution in [0.1, 0.15) is 16.9 Å². The molecule has 0 radical (unpaired) electrons. The van der Waals surface area contributed by atoms with Gasteiger partial charge in [0.1, 0.15) is 12.1 Å². The second-order valence-electron chi connectivity index (χ2n) is 2.34. The van der Waals surface area contributed by atoms with E-state index in [1.54, 1.807) is 0 Å². The molecule has 68 valence electrons. The van der Waals surface area contributed by atoms with Gasteiger partial charge in [0.2, 0.25) is 5.95 Å². The van der Waals surface area contributed by atoms with Crippen molar-refractivity contribution in [2.24, 2.45) is 0 Å². The summed E-state index contributed by atoms with van der Waals surface area (Å²) in [6.45, 7) is 0. The fourth-order valence-corrected chi connectivity index (χ4v) is 0.791. The van der Waals surface area contributed by atoms with E-state index in [1.165, 1.54) is 12.1 Å². The highest BCUT2D eigenvalue weighted by atomic mass is 19.1. The van der Waals surface area contributed by atoms with E-state index in [0.717, 1.165) is 6.07 Å². The number of carboxylic acid groups (broad SMARTS) is 1. The highest BCUT2D eigenvalue weighted by molar-refractivity contribution is 6.04. The van der Waals surface area contributed by atoms with Crippen molar-refractivity contribution >= 4 is 11.8 Å². The Hall–Kier alpha value is -1.78. The van der Waals surface area contributed by atoms with Crippen LogP contribution in [0.3, 0.4) is 0 Å². The van der Waals surface area contributed by atoms with Gasteiger partial charge in [-0.05, 0) is 12.1 Å². The first-order chi connectivity index (χ1) is 6.09. The van der Waals surface area contributed by atoms with Crippen LogP contribution in [0.15, 0.2) is 18.2 Å². The number of hydrogen-bond acceptors (Lipinski definition) is 3. The third kappa shape index (κ3) is 2.62. The first-order valence-corrected chi connectivity index (χ1v) is 3.47. The molecule has 0 unspecified atom stereocenters. The average molecular weight is 183 g/mol. The molecule has 5 heteroatoms. The molecule has 0 saturated carbocycles. The number of aromatic nitrogens is 1. The molecule has 0 aromatic carbocycles. The maximum atomic E-state index is 12.5. The van der Waals surface area contributed by atoms with Crippen LogP contribution in [0, 0.1) is 5.95 Å². The van der Waals surface area contributed by atoms with E-state index in [4.69, 9.17) is 5.11 Å². The number of Topliss-reactive ketones (excluding diaryl/α,β-unsaturated/α-hetero) is 1. The molecule has 0 aliphatic rings. The van der Waals surface area contributed by atoms with Crippen LogP contribution in [0.25, 0.3) is 0 Å². The largest absolute Gasteiger partial charge is 0.481 e. The van der Waals surface area contributed by atoms with Gasteiger partial charge in [-0.2, -0.15) is 4.39 Å². The van der Waals surface area contributed by atoms with Gasteiger partial charge in [0.15, 0.2) is 5.78 Å². The quantitative estimate of drug-likeness (QED) is 0.429. The monoisotopic (exact) mass is 183 g/mol. The summed E-state index contributed by atoms with van der Waals surface area (Å²) in [6.07, 6.45) is -0.670.